The number of ether oxygens (including phenoxy) is 1. The standard InChI is InChI=1S/C19H21NO2S/c1-14(2)13-22-17-6-4-5-16(11-17)19(21)20-12-15-7-9-18(23-3)10-8-15/h4-11H,1,12-13H2,2-3H3,(H,20,21). The number of thioether (sulfide) groups is 1. The topological polar surface area (TPSA) is 38.3 Å². The molecule has 0 radical (unpaired) electrons. The van der Waals surface area contributed by atoms with E-state index in [2.05, 4.69) is 24.0 Å². The highest BCUT2D eigenvalue weighted by molar-refractivity contribution is 7.98. The van der Waals surface area contributed by atoms with Crippen LogP contribution in [-0.2, 0) is 6.54 Å². The van der Waals surface area contributed by atoms with Crippen molar-refractivity contribution in [3.8, 4) is 5.75 Å². The Morgan fingerprint density at radius 1 is 1.22 bits per heavy atom. The van der Waals surface area contributed by atoms with E-state index in [0.29, 0.717) is 24.5 Å². The third-order valence-electron chi connectivity index (χ3n) is 3.19. The lowest BCUT2D eigenvalue weighted by molar-refractivity contribution is 0.0950. The Balaban J connectivity index is 1.94. The number of amides is 1. The monoisotopic (exact) mass is 327 g/mol. The van der Waals surface area contributed by atoms with Gasteiger partial charge in [-0.1, -0.05) is 24.8 Å². The Labute approximate surface area is 141 Å². The zero-order valence-electron chi connectivity index (χ0n) is 13.5. The summed E-state index contributed by atoms with van der Waals surface area (Å²) in [7, 11) is 0. The summed E-state index contributed by atoms with van der Waals surface area (Å²) >= 11 is 1.70. The van der Waals surface area contributed by atoms with E-state index in [-0.39, 0.29) is 5.91 Å². The molecule has 0 saturated heterocycles. The van der Waals surface area contributed by atoms with E-state index in [1.807, 2.05) is 37.4 Å². The molecule has 2 rings (SSSR count). The van der Waals surface area contributed by atoms with E-state index in [0.717, 1.165) is 11.1 Å². The van der Waals surface area contributed by atoms with Crippen LogP contribution in [0.4, 0.5) is 0 Å². The summed E-state index contributed by atoms with van der Waals surface area (Å²) in [6, 6.07) is 15.3. The van der Waals surface area contributed by atoms with Gasteiger partial charge in [-0.15, -0.1) is 11.8 Å². The minimum Gasteiger partial charge on any atom is -0.489 e. The average molecular weight is 327 g/mol. The van der Waals surface area contributed by atoms with E-state index in [1.165, 1.54) is 4.90 Å². The molecule has 0 heterocycles. The van der Waals surface area contributed by atoms with E-state index >= 15 is 0 Å². The van der Waals surface area contributed by atoms with Crippen molar-refractivity contribution >= 4 is 17.7 Å². The Morgan fingerprint density at radius 2 is 1.96 bits per heavy atom. The van der Waals surface area contributed by atoms with E-state index in [4.69, 9.17) is 4.74 Å². The van der Waals surface area contributed by atoms with Crippen LogP contribution >= 0.6 is 11.8 Å². The first kappa shape index (κ1) is 17.2. The minimum atomic E-state index is -0.111. The van der Waals surface area contributed by atoms with Gasteiger partial charge in [-0.05, 0) is 54.6 Å². The molecule has 4 heteroatoms. The van der Waals surface area contributed by atoms with Crippen LogP contribution in [0.1, 0.15) is 22.8 Å². The highest BCUT2D eigenvalue weighted by Gasteiger charge is 2.07. The highest BCUT2D eigenvalue weighted by atomic mass is 32.2. The zero-order chi connectivity index (χ0) is 16.7. The van der Waals surface area contributed by atoms with Crippen LogP contribution in [0.2, 0.25) is 0 Å². The van der Waals surface area contributed by atoms with Gasteiger partial charge in [0.25, 0.3) is 5.91 Å². The molecule has 1 N–H and O–H groups in total. The zero-order valence-corrected chi connectivity index (χ0v) is 14.3. The van der Waals surface area contributed by atoms with Crippen LogP contribution in [0.5, 0.6) is 5.75 Å². The van der Waals surface area contributed by atoms with Gasteiger partial charge in [0, 0.05) is 17.0 Å². The number of nitrogens with one attached hydrogen (secondary N) is 1. The van der Waals surface area contributed by atoms with Gasteiger partial charge in [-0.25, -0.2) is 0 Å². The summed E-state index contributed by atoms with van der Waals surface area (Å²) in [5.74, 6) is 0.560. The molecule has 0 saturated carbocycles. The molecule has 0 aliphatic rings. The van der Waals surface area contributed by atoms with Crippen molar-refractivity contribution in [3.63, 3.8) is 0 Å². The van der Waals surface area contributed by atoms with Crippen molar-refractivity contribution in [3.05, 3.63) is 71.8 Å². The molecule has 23 heavy (non-hydrogen) atoms. The molecule has 1 amide bonds. The average Bonchev–Trinajstić information content (AvgIpc) is 2.58. The summed E-state index contributed by atoms with van der Waals surface area (Å²) in [6.07, 6.45) is 2.04. The molecule has 0 spiro atoms. The fourth-order valence-corrected chi connectivity index (χ4v) is 2.37. The second-order valence-corrected chi connectivity index (χ2v) is 6.18. The van der Waals surface area contributed by atoms with Crippen molar-refractivity contribution in [2.75, 3.05) is 12.9 Å². The SMILES string of the molecule is C=C(C)COc1cccc(C(=O)NCc2ccc(SC)cc2)c1. The van der Waals surface area contributed by atoms with Crippen molar-refractivity contribution in [1.82, 2.24) is 5.32 Å². The van der Waals surface area contributed by atoms with E-state index in [1.54, 1.807) is 23.9 Å². The van der Waals surface area contributed by atoms with Crippen LogP contribution in [-0.4, -0.2) is 18.8 Å². The van der Waals surface area contributed by atoms with Crippen molar-refractivity contribution in [2.45, 2.75) is 18.4 Å². The molecule has 0 fully saturated rings. The molecular formula is C19H21NO2S. The summed E-state index contributed by atoms with van der Waals surface area (Å²) in [6.45, 7) is 6.65. The molecule has 120 valence electrons. The Bertz CT molecular complexity index is 680. The van der Waals surface area contributed by atoms with Crippen molar-refractivity contribution in [1.29, 1.82) is 0 Å². The Morgan fingerprint density at radius 3 is 2.61 bits per heavy atom. The summed E-state index contributed by atoms with van der Waals surface area (Å²) in [5.41, 5.74) is 2.60. The van der Waals surface area contributed by atoms with Crippen molar-refractivity contribution in [2.24, 2.45) is 0 Å². The molecule has 2 aromatic carbocycles. The highest BCUT2D eigenvalue weighted by Crippen LogP contribution is 2.16. The van der Waals surface area contributed by atoms with Gasteiger partial charge in [0.05, 0.1) is 0 Å². The number of carbonyl (C=O) groups excluding carboxylic acids is 1. The second kappa shape index (κ2) is 8.44. The van der Waals surface area contributed by atoms with Gasteiger partial charge < -0.3 is 10.1 Å². The number of hydrogen-bond donors (Lipinski definition) is 1. The van der Waals surface area contributed by atoms with Gasteiger partial charge in [0.15, 0.2) is 0 Å². The Kier molecular flexibility index (Phi) is 6.29. The van der Waals surface area contributed by atoms with Gasteiger partial charge in [0.2, 0.25) is 0 Å². The van der Waals surface area contributed by atoms with Crippen LogP contribution in [0.15, 0.2) is 65.6 Å². The number of hydrogen-bond acceptors (Lipinski definition) is 3. The third-order valence-corrected chi connectivity index (χ3v) is 3.94. The largest absolute Gasteiger partial charge is 0.489 e. The molecule has 0 aliphatic heterocycles. The predicted molar refractivity (Wildman–Crippen MR) is 96.1 cm³/mol. The van der Waals surface area contributed by atoms with Gasteiger partial charge >= 0.3 is 0 Å². The number of rotatable bonds is 7. The van der Waals surface area contributed by atoms with E-state index < -0.39 is 0 Å². The summed E-state index contributed by atoms with van der Waals surface area (Å²) in [4.78, 5) is 13.5. The van der Waals surface area contributed by atoms with E-state index in [9.17, 15) is 4.79 Å². The summed E-state index contributed by atoms with van der Waals surface area (Å²) in [5, 5.41) is 2.93. The lowest BCUT2D eigenvalue weighted by atomic mass is 10.2. The maximum atomic E-state index is 12.2. The molecule has 0 aromatic heterocycles. The number of benzene rings is 2. The van der Waals surface area contributed by atoms with Crippen molar-refractivity contribution < 1.29 is 9.53 Å². The fourth-order valence-electron chi connectivity index (χ4n) is 1.96. The maximum absolute atomic E-state index is 12.2. The maximum Gasteiger partial charge on any atom is 0.251 e. The first-order valence-electron chi connectivity index (χ1n) is 7.37. The van der Waals surface area contributed by atoms with Gasteiger partial charge in [-0.2, -0.15) is 0 Å². The Hall–Kier alpha value is -2.20. The van der Waals surface area contributed by atoms with Crippen LogP contribution < -0.4 is 10.1 Å². The van der Waals surface area contributed by atoms with Gasteiger partial charge in [-0.3, -0.25) is 4.79 Å². The fraction of sp³-hybridized carbons (Fsp3) is 0.211. The summed E-state index contributed by atoms with van der Waals surface area (Å²) < 4.78 is 5.56. The first-order chi connectivity index (χ1) is 11.1. The minimum absolute atomic E-state index is 0.111. The van der Waals surface area contributed by atoms with Crippen LogP contribution in [0.3, 0.4) is 0 Å². The molecule has 0 aliphatic carbocycles. The lowest BCUT2D eigenvalue weighted by Crippen LogP contribution is -2.22. The molecular weight excluding hydrogens is 306 g/mol. The quantitative estimate of drug-likeness (QED) is 0.609. The molecule has 3 nitrogen and oxygen atoms in total. The molecule has 0 atom stereocenters. The lowest BCUT2D eigenvalue weighted by Gasteiger charge is -2.09. The molecule has 2 aromatic rings. The first-order valence-corrected chi connectivity index (χ1v) is 8.59. The van der Waals surface area contributed by atoms with Gasteiger partial charge in [0.1, 0.15) is 12.4 Å². The molecule has 0 unspecified atom stereocenters. The predicted octanol–water partition coefficient (Wildman–Crippen LogP) is 4.29. The smallest absolute Gasteiger partial charge is 0.251 e. The van der Waals surface area contributed by atoms with Crippen LogP contribution in [0.25, 0.3) is 0 Å². The second-order valence-electron chi connectivity index (χ2n) is 5.30. The number of carbonyl (C=O) groups is 1. The third kappa shape index (κ3) is 5.49. The molecule has 0 bridgehead atoms. The van der Waals surface area contributed by atoms with Crippen LogP contribution in [0, 0.1) is 0 Å². The normalized spacial score (nSPS) is 10.2.